The van der Waals surface area contributed by atoms with E-state index in [4.69, 9.17) is 0 Å². The number of nitrogens with zero attached hydrogens (tertiary/aromatic N) is 3. The third kappa shape index (κ3) is 3.73. The molecule has 1 unspecified atom stereocenters. The van der Waals surface area contributed by atoms with E-state index in [1.807, 2.05) is 47.4 Å². The molecular formula is C21H23N3O2S. The highest BCUT2D eigenvalue weighted by Crippen LogP contribution is 2.35. The van der Waals surface area contributed by atoms with E-state index in [0.717, 1.165) is 29.2 Å². The number of likely N-dealkylation sites (N-methyl/N-ethyl adjacent to an activating group) is 1. The summed E-state index contributed by atoms with van der Waals surface area (Å²) in [6.07, 6.45) is 0. The molecule has 140 valence electrons. The zero-order chi connectivity index (χ0) is 18.8. The highest BCUT2D eigenvalue weighted by molar-refractivity contribution is 8.00. The van der Waals surface area contributed by atoms with Crippen LogP contribution >= 0.6 is 11.8 Å². The zero-order valence-corrected chi connectivity index (χ0v) is 16.2. The smallest absolute Gasteiger partial charge is 0.243 e. The van der Waals surface area contributed by atoms with Gasteiger partial charge in [0.15, 0.2) is 0 Å². The van der Waals surface area contributed by atoms with Gasteiger partial charge >= 0.3 is 0 Å². The molecule has 2 aliphatic rings. The van der Waals surface area contributed by atoms with Crippen LogP contribution in [0.4, 0.5) is 5.69 Å². The lowest BCUT2D eigenvalue weighted by Crippen LogP contribution is -2.53. The Morgan fingerprint density at radius 2 is 1.81 bits per heavy atom. The van der Waals surface area contributed by atoms with Crippen molar-refractivity contribution >= 4 is 29.3 Å². The predicted molar refractivity (Wildman–Crippen MR) is 108 cm³/mol. The molecule has 4 rings (SSSR count). The van der Waals surface area contributed by atoms with E-state index < -0.39 is 0 Å². The van der Waals surface area contributed by atoms with Gasteiger partial charge in [-0.3, -0.25) is 9.59 Å². The molecule has 5 nitrogen and oxygen atoms in total. The van der Waals surface area contributed by atoms with Gasteiger partial charge in [0, 0.05) is 24.5 Å². The van der Waals surface area contributed by atoms with Crippen molar-refractivity contribution in [2.24, 2.45) is 0 Å². The molecule has 2 aromatic rings. The zero-order valence-electron chi connectivity index (χ0n) is 15.4. The Morgan fingerprint density at radius 3 is 2.63 bits per heavy atom. The van der Waals surface area contributed by atoms with E-state index in [1.54, 1.807) is 4.90 Å². The Hall–Kier alpha value is -2.31. The average molecular weight is 382 g/mol. The van der Waals surface area contributed by atoms with Gasteiger partial charge in [0.05, 0.1) is 17.5 Å². The third-order valence-electron chi connectivity index (χ3n) is 5.19. The summed E-state index contributed by atoms with van der Waals surface area (Å²) in [6, 6.07) is 18.0. The Bertz CT molecular complexity index is 842. The first-order valence-corrected chi connectivity index (χ1v) is 10.2. The molecule has 0 spiro atoms. The largest absolute Gasteiger partial charge is 0.332 e. The number of piperazine rings is 1. The van der Waals surface area contributed by atoms with E-state index >= 15 is 0 Å². The highest BCUT2D eigenvalue weighted by atomic mass is 32.2. The van der Waals surface area contributed by atoms with Crippen LogP contribution < -0.4 is 4.90 Å². The standard InChI is InChI=1S/C21H23N3O2S/c1-22-11-12-23(18(13-22)16-7-3-2-4-8-16)20(25)14-24-17-9-5-6-10-19(17)27-15-21(24)26/h2-10,18H,11-15H2,1H3. The molecule has 2 amide bonds. The van der Waals surface area contributed by atoms with Crippen molar-refractivity contribution in [2.45, 2.75) is 10.9 Å². The van der Waals surface area contributed by atoms with Crippen LogP contribution in [-0.4, -0.2) is 60.6 Å². The summed E-state index contributed by atoms with van der Waals surface area (Å²) in [4.78, 5) is 32.6. The monoisotopic (exact) mass is 381 g/mol. The summed E-state index contributed by atoms with van der Waals surface area (Å²) in [5.74, 6) is 0.388. The van der Waals surface area contributed by atoms with Gasteiger partial charge in [-0.25, -0.2) is 0 Å². The van der Waals surface area contributed by atoms with Crippen molar-refractivity contribution in [3.63, 3.8) is 0 Å². The van der Waals surface area contributed by atoms with Crippen LogP contribution in [0.5, 0.6) is 0 Å². The van der Waals surface area contributed by atoms with Gasteiger partial charge in [0.25, 0.3) is 0 Å². The van der Waals surface area contributed by atoms with Gasteiger partial charge in [-0.1, -0.05) is 42.5 Å². The van der Waals surface area contributed by atoms with Crippen LogP contribution in [0.15, 0.2) is 59.5 Å². The average Bonchev–Trinajstić information content (AvgIpc) is 2.70. The van der Waals surface area contributed by atoms with Crippen molar-refractivity contribution in [1.82, 2.24) is 9.80 Å². The molecule has 2 aromatic carbocycles. The fourth-order valence-electron chi connectivity index (χ4n) is 3.73. The third-order valence-corrected chi connectivity index (χ3v) is 6.24. The number of thioether (sulfide) groups is 1. The van der Waals surface area contributed by atoms with Gasteiger partial charge < -0.3 is 14.7 Å². The maximum absolute atomic E-state index is 13.2. The normalized spacial score (nSPS) is 20.5. The van der Waals surface area contributed by atoms with Crippen LogP contribution in [0, 0.1) is 0 Å². The van der Waals surface area contributed by atoms with Crippen molar-refractivity contribution in [1.29, 1.82) is 0 Å². The second-order valence-corrected chi connectivity index (χ2v) is 8.03. The van der Waals surface area contributed by atoms with Gasteiger partial charge in [0.2, 0.25) is 11.8 Å². The van der Waals surface area contributed by atoms with Crippen LogP contribution in [0.1, 0.15) is 11.6 Å². The number of hydrogen-bond acceptors (Lipinski definition) is 4. The topological polar surface area (TPSA) is 43.9 Å². The lowest BCUT2D eigenvalue weighted by molar-refractivity contribution is -0.135. The number of carbonyl (C=O) groups excluding carboxylic acids is 2. The van der Waals surface area contributed by atoms with E-state index in [1.165, 1.54) is 11.8 Å². The molecule has 0 N–H and O–H groups in total. The van der Waals surface area contributed by atoms with Crippen LogP contribution in [-0.2, 0) is 9.59 Å². The molecule has 1 saturated heterocycles. The Kier molecular flexibility index (Phi) is 5.18. The minimum Gasteiger partial charge on any atom is -0.332 e. The summed E-state index contributed by atoms with van der Waals surface area (Å²) in [6.45, 7) is 2.42. The van der Waals surface area contributed by atoms with Gasteiger partial charge in [-0.15, -0.1) is 11.8 Å². The van der Waals surface area contributed by atoms with Gasteiger partial charge in [-0.05, 0) is 24.7 Å². The summed E-state index contributed by atoms with van der Waals surface area (Å²) in [7, 11) is 2.08. The first-order valence-electron chi connectivity index (χ1n) is 9.18. The van der Waals surface area contributed by atoms with Gasteiger partial charge in [-0.2, -0.15) is 0 Å². The van der Waals surface area contributed by atoms with Crippen molar-refractivity contribution in [3.8, 4) is 0 Å². The number of benzene rings is 2. The fourth-order valence-corrected chi connectivity index (χ4v) is 4.67. The number of para-hydroxylation sites is 1. The molecule has 27 heavy (non-hydrogen) atoms. The van der Waals surface area contributed by atoms with E-state index in [0.29, 0.717) is 12.3 Å². The van der Waals surface area contributed by atoms with Crippen molar-refractivity contribution in [3.05, 3.63) is 60.2 Å². The molecule has 0 aromatic heterocycles. The highest BCUT2D eigenvalue weighted by Gasteiger charge is 2.33. The van der Waals surface area contributed by atoms with E-state index in [9.17, 15) is 9.59 Å². The van der Waals surface area contributed by atoms with Crippen LogP contribution in [0.25, 0.3) is 0 Å². The second-order valence-electron chi connectivity index (χ2n) is 7.01. The van der Waals surface area contributed by atoms with Gasteiger partial charge in [0.1, 0.15) is 6.54 Å². The fraction of sp³-hybridized carbons (Fsp3) is 0.333. The number of carbonyl (C=O) groups is 2. The minimum absolute atomic E-state index is 0.00237. The minimum atomic E-state index is -0.00237. The van der Waals surface area contributed by atoms with Crippen LogP contribution in [0.2, 0.25) is 0 Å². The quantitative estimate of drug-likeness (QED) is 0.820. The molecule has 6 heteroatoms. The lowest BCUT2D eigenvalue weighted by Gasteiger charge is -2.41. The van der Waals surface area contributed by atoms with E-state index in [2.05, 4.69) is 24.1 Å². The summed E-state index contributed by atoms with van der Waals surface area (Å²) >= 11 is 1.54. The summed E-state index contributed by atoms with van der Waals surface area (Å²) < 4.78 is 0. The number of fused-ring (bicyclic) bond motifs is 1. The summed E-state index contributed by atoms with van der Waals surface area (Å²) in [5, 5.41) is 0. The van der Waals surface area contributed by atoms with E-state index in [-0.39, 0.29) is 24.4 Å². The number of rotatable bonds is 3. The Balaban J connectivity index is 1.57. The Morgan fingerprint density at radius 1 is 1.07 bits per heavy atom. The molecular weight excluding hydrogens is 358 g/mol. The first-order chi connectivity index (χ1) is 13.1. The second kappa shape index (κ2) is 7.74. The first kappa shape index (κ1) is 18.1. The summed E-state index contributed by atoms with van der Waals surface area (Å²) in [5.41, 5.74) is 1.98. The SMILES string of the molecule is CN1CCN(C(=O)CN2C(=O)CSc3ccccc32)C(c2ccccc2)C1. The molecule has 1 atom stereocenters. The molecule has 2 aliphatic heterocycles. The molecule has 0 bridgehead atoms. The molecule has 0 aliphatic carbocycles. The number of hydrogen-bond donors (Lipinski definition) is 0. The molecule has 1 fully saturated rings. The van der Waals surface area contributed by atoms with Crippen molar-refractivity contribution < 1.29 is 9.59 Å². The molecule has 2 heterocycles. The number of amides is 2. The van der Waals surface area contributed by atoms with Crippen molar-refractivity contribution in [2.75, 3.05) is 43.9 Å². The molecule has 0 radical (unpaired) electrons. The maximum Gasteiger partial charge on any atom is 0.243 e. The van der Waals surface area contributed by atoms with Crippen LogP contribution in [0.3, 0.4) is 0 Å². The Labute approximate surface area is 163 Å². The maximum atomic E-state index is 13.2. The predicted octanol–water partition coefficient (Wildman–Crippen LogP) is 2.64. The number of anilines is 1. The lowest BCUT2D eigenvalue weighted by atomic mass is 10.0. The molecule has 0 saturated carbocycles.